The Morgan fingerprint density at radius 1 is 1.15 bits per heavy atom. The van der Waals surface area contributed by atoms with Gasteiger partial charge in [0.1, 0.15) is 11.6 Å². The molecule has 1 unspecified atom stereocenters. The maximum Gasteiger partial charge on any atom is 0.181 e. The smallest absolute Gasteiger partial charge is 0.181 e. The fourth-order valence-electron chi connectivity index (χ4n) is 3.35. The van der Waals surface area contributed by atoms with E-state index in [4.69, 9.17) is 9.15 Å². The van der Waals surface area contributed by atoms with Gasteiger partial charge in [-0.15, -0.1) is 0 Å². The molecule has 4 aromatic rings. The zero-order chi connectivity index (χ0) is 17.7. The Morgan fingerprint density at radius 3 is 2.92 bits per heavy atom. The van der Waals surface area contributed by atoms with Gasteiger partial charge >= 0.3 is 0 Å². The van der Waals surface area contributed by atoms with Crippen LogP contribution in [0.25, 0.3) is 22.4 Å². The third kappa shape index (κ3) is 2.44. The van der Waals surface area contributed by atoms with E-state index in [1.165, 1.54) is 12.5 Å². The molecule has 1 N–H and O–H groups in total. The van der Waals surface area contributed by atoms with Gasteiger partial charge < -0.3 is 14.1 Å². The lowest BCUT2D eigenvalue weighted by molar-refractivity contribution is 0.245. The minimum Gasteiger partial charge on any atom is -0.489 e. The first-order valence-corrected chi connectivity index (χ1v) is 8.16. The predicted octanol–water partition coefficient (Wildman–Crippen LogP) is 4.21. The molecule has 0 aliphatic carbocycles. The van der Waals surface area contributed by atoms with E-state index < -0.39 is 11.6 Å². The van der Waals surface area contributed by atoms with Crippen LogP contribution in [0.1, 0.15) is 17.3 Å². The summed E-state index contributed by atoms with van der Waals surface area (Å²) in [6.07, 6.45) is 3.49. The molecule has 5 nitrogen and oxygen atoms in total. The van der Waals surface area contributed by atoms with Gasteiger partial charge in [-0.2, -0.15) is 0 Å². The second-order valence-corrected chi connectivity index (χ2v) is 6.31. The number of hydrogen-bond donors (Lipinski definition) is 1. The summed E-state index contributed by atoms with van der Waals surface area (Å²) >= 11 is 0. The molecule has 0 amide bonds. The summed E-state index contributed by atoms with van der Waals surface area (Å²) in [6.45, 7) is 0.282. The van der Waals surface area contributed by atoms with Crippen molar-refractivity contribution in [3.63, 3.8) is 0 Å². The minimum atomic E-state index is -0.667. The minimum absolute atomic E-state index is 0.107. The molecular formula is C19H13F2N3O2. The van der Waals surface area contributed by atoms with Gasteiger partial charge in [-0.25, -0.2) is 18.7 Å². The topological polar surface area (TPSA) is 63.9 Å². The lowest BCUT2D eigenvalue weighted by Gasteiger charge is -2.24. The molecule has 5 rings (SSSR count). The molecule has 26 heavy (non-hydrogen) atoms. The van der Waals surface area contributed by atoms with Crippen LogP contribution in [0, 0.1) is 11.6 Å². The number of nitrogens with one attached hydrogen (secondary N) is 1. The monoisotopic (exact) mass is 353 g/mol. The highest BCUT2D eigenvalue weighted by Crippen LogP contribution is 2.35. The zero-order valence-corrected chi connectivity index (χ0v) is 13.5. The summed E-state index contributed by atoms with van der Waals surface area (Å²) in [7, 11) is 0. The molecule has 2 aromatic carbocycles. The lowest BCUT2D eigenvalue weighted by Crippen LogP contribution is -2.21. The van der Waals surface area contributed by atoms with Gasteiger partial charge in [0.25, 0.3) is 0 Å². The molecule has 1 atom stereocenters. The fraction of sp³-hybridized carbons (Fsp3) is 0.158. The van der Waals surface area contributed by atoms with Crippen LogP contribution >= 0.6 is 0 Å². The van der Waals surface area contributed by atoms with Crippen LogP contribution in [0.2, 0.25) is 0 Å². The summed E-state index contributed by atoms with van der Waals surface area (Å²) in [5, 5.41) is 0. The maximum atomic E-state index is 13.8. The first kappa shape index (κ1) is 15.1. The summed E-state index contributed by atoms with van der Waals surface area (Å²) in [5.41, 5.74) is 3.06. The van der Waals surface area contributed by atoms with Gasteiger partial charge in [0.2, 0.25) is 0 Å². The Bertz CT molecular complexity index is 1110. The maximum absolute atomic E-state index is 13.8. The number of H-pyrrole nitrogens is 1. The second kappa shape index (κ2) is 5.66. The van der Waals surface area contributed by atoms with Gasteiger partial charge in [-0.05, 0) is 30.7 Å². The SMILES string of the molecule is Fc1cc(F)c2c(c1)CC(c1nc3ccc(-c4cnco4)cc3[nH]1)CO2. The standard InChI is InChI=1S/C19H13F2N3O2/c20-13-4-11-3-12(8-25-18(11)14(21)6-13)19-23-15-2-1-10(5-16(15)24-19)17-7-22-9-26-17/h1-2,4-7,9,12H,3,8H2,(H,23,24). The number of fused-ring (bicyclic) bond motifs is 2. The Morgan fingerprint density at radius 2 is 2.08 bits per heavy atom. The Kier molecular flexibility index (Phi) is 3.28. The van der Waals surface area contributed by atoms with Crippen LogP contribution < -0.4 is 4.74 Å². The van der Waals surface area contributed by atoms with Crippen molar-refractivity contribution >= 4 is 11.0 Å². The molecule has 3 heterocycles. The van der Waals surface area contributed by atoms with Crippen molar-refractivity contribution in [3.8, 4) is 17.1 Å². The van der Waals surface area contributed by atoms with Crippen LogP contribution in [-0.2, 0) is 6.42 Å². The van der Waals surface area contributed by atoms with Crippen molar-refractivity contribution in [2.45, 2.75) is 12.3 Å². The Labute approximate surface area is 146 Å². The van der Waals surface area contributed by atoms with Gasteiger partial charge in [-0.3, -0.25) is 0 Å². The highest BCUT2D eigenvalue weighted by atomic mass is 19.1. The molecule has 0 radical (unpaired) electrons. The quantitative estimate of drug-likeness (QED) is 0.586. The zero-order valence-electron chi connectivity index (χ0n) is 13.5. The number of aromatic amines is 1. The third-order valence-electron chi connectivity index (χ3n) is 4.58. The number of ether oxygens (including phenoxy) is 1. The largest absolute Gasteiger partial charge is 0.489 e. The van der Waals surface area contributed by atoms with E-state index in [1.807, 2.05) is 18.2 Å². The summed E-state index contributed by atoms with van der Waals surface area (Å²) in [5.74, 6) is 0.150. The molecule has 0 spiro atoms. The first-order chi connectivity index (χ1) is 12.7. The van der Waals surface area contributed by atoms with Crippen LogP contribution in [0.5, 0.6) is 5.75 Å². The number of benzene rings is 2. The van der Waals surface area contributed by atoms with Crippen LogP contribution in [0.3, 0.4) is 0 Å². The van der Waals surface area contributed by atoms with E-state index in [1.54, 1.807) is 6.20 Å². The average Bonchev–Trinajstić information content (AvgIpc) is 3.30. The Balaban J connectivity index is 1.49. The molecule has 1 aliphatic rings. The average molecular weight is 353 g/mol. The number of oxazole rings is 1. The van der Waals surface area contributed by atoms with Crippen molar-refractivity contribution < 1.29 is 17.9 Å². The van der Waals surface area contributed by atoms with Crippen molar-refractivity contribution in [1.29, 1.82) is 0 Å². The van der Waals surface area contributed by atoms with Gasteiger partial charge in [-0.1, -0.05) is 0 Å². The number of halogens is 2. The molecule has 0 fully saturated rings. The van der Waals surface area contributed by atoms with Crippen molar-refractivity contribution in [2.24, 2.45) is 0 Å². The van der Waals surface area contributed by atoms with Gasteiger partial charge in [0, 0.05) is 17.2 Å². The molecule has 7 heteroatoms. The molecule has 130 valence electrons. The highest BCUT2D eigenvalue weighted by Gasteiger charge is 2.27. The third-order valence-corrected chi connectivity index (χ3v) is 4.58. The van der Waals surface area contributed by atoms with Gasteiger partial charge in [0.05, 0.1) is 29.8 Å². The van der Waals surface area contributed by atoms with Crippen molar-refractivity contribution in [1.82, 2.24) is 15.0 Å². The summed E-state index contributed by atoms with van der Waals surface area (Å²) < 4.78 is 38.2. The molecule has 1 aliphatic heterocycles. The summed E-state index contributed by atoms with van der Waals surface area (Å²) in [6, 6.07) is 7.89. The lowest BCUT2D eigenvalue weighted by atomic mass is 9.96. The van der Waals surface area contributed by atoms with Crippen molar-refractivity contribution in [2.75, 3.05) is 6.61 Å². The van der Waals surface area contributed by atoms with Gasteiger partial charge in [0.15, 0.2) is 23.7 Å². The predicted molar refractivity (Wildman–Crippen MR) is 89.9 cm³/mol. The molecule has 0 bridgehead atoms. The fourth-order valence-corrected chi connectivity index (χ4v) is 3.35. The first-order valence-electron chi connectivity index (χ1n) is 8.16. The Hall–Kier alpha value is -3.22. The summed E-state index contributed by atoms with van der Waals surface area (Å²) in [4.78, 5) is 11.8. The highest BCUT2D eigenvalue weighted by molar-refractivity contribution is 5.80. The van der Waals surface area contributed by atoms with E-state index in [9.17, 15) is 8.78 Å². The van der Waals surface area contributed by atoms with E-state index in [0.29, 0.717) is 17.7 Å². The van der Waals surface area contributed by atoms with Crippen LogP contribution in [0.15, 0.2) is 47.3 Å². The van der Waals surface area contributed by atoms with E-state index >= 15 is 0 Å². The molecule has 2 aromatic heterocycles. The van der Waals surface area contributed by atoms with Crippen molar-refractivity contribution in [3.05, 3.63) is 65.9 Å². The van der Waals surface area contributed by atoms with E-state index in [2.05, 4.69) is 15.0 Å². The number of imidazole rings is 1. The van der Waals surface area contributed by atoms with Crippen LogP contribution in [-0.4, -0.2) is 21.6 Å². The molecule has 0 saturated carbocycles. The normalized spacial score (nSPS) is 16.5. The molecule has 0 saturated heterocycles. The van der Waals surface area contributed by atoms with Crippen LogP contribution in [0.4, 0.5) is 8.78 Å². The number of nitrogens with zero attached hydrogens (tertiary/aromatic N) is 2. The number of rotatable bonds is 2. The van der Waals surface area contributed by atoms with E-state index in [-0.39, 0.29) is 18.3 Å². The second-order valence-electron chi connectivity index (χ2n) is 6.31. The molecular weight excluding hydrogens is 340 g/mol. The van der Waals surface area contributed by atoms with E-state index in [0.717, 1.165) is 28.5 Å². The number of hydrogen-bond acceptors (Lipinski definition) is 4. The number of aromatic nitrogens is 3.